The molecule has 7 nitrogen and oxygen atoms in total. The van der Waals surface area contributed by atoms with Crippen LogP contribution in [0.15, 0.2) is 47.9 Å². The molecule has 104 valence electrons. The van der Waals surface area contributed by atoms with Gasteiger partial charge in [0.2, 0.25) is 5.95 Å². The van der Waals surface area contributed by atoms with E-state index in [9.17, 15) is 15.4 Å². The van der Waals surface area contributed by atoms with Crippen molar-refractivity contribution >= 4 is 11.6 Å². The summed E-state index contributed by atoms with van der Waals surface area (Å²) in [4.78, 5) is 14.7. The molecule has 1 unspecified atom stereocenters. The van der Waals surface area contributed by atoms with E-state index in [4.69, 9.17) is 0 Å². The summed E-state index contributed by atoms with van der Waals surface area (Å²) in [5, 5.41) is 23.4. The van der Waals surface area contributed by atoms with Crippen molar-refractivity contribution in [3.63, 3.8) is 0 Å². The Morgan fingerprint density at radius 1 is 1.52 bits per heavy atom. The standard InChI is InChI=1S/C14H11N5O2/c1-9-12(8-15)13(18-6-5-16-14(18)17-9)10-3-2-4-11(7-10)19(20)21/h2-7,13H,1H3,(H,16,17). The average Bonchev–Trinajstić information content (AvgIpc) is 2.93. The fraction of sp³-hybridized carbons (Fsp3) is 0.143. The number of nitrogens with zero attached hydrogens (tertiary/aromatic N) is 4. The van der Waals surface area contributed by atoms with Gasteiger partial charge in [0, 0.05) is 30.2 Å². The van der Waals surface area contributed by atoms with Crippen LogP contribution < -0.4 is 5.32 Å². The van der Waals surface area contributed by atoms with Gasteiger partial charge in [0.05, 0.1) is 22.6 Å². The molecule has 1 N–H and O–H groups in total. The van der Waals surface area contributed by atoms with Crippen LogP contribution in [-0.2, 0) is 0 Å². The van der Waals surface area contributed by atoms with E-state index in [1.807, 2.05) is 0 Å². The van der Waals surface area contributed by atoms with Crippen LogP contribution in [0.4, 0.5) is 11.6 Å². The van der Waals surface area contributed by atoms with Crippen LogP contribution in [0, 0.1) is 21.4 Å². The van der Waals surface area contributed by atoms with E-state index in [-0.39, 0.29) is 5.69 Å². The maximum absolute atomic E-state index is 10.9. The maximum atomic E-state index is 10.9. The molecule has 2 aromatic rings. The number of nitro benzene ring substituents is 1. The van der Waals surface area contributed by atoms with Gasteiger partial charge >= 0.3 is 0 Å². The van der Waals surface area contributed by atoms with Crippen molar-refractivity contribution in [3.05, 3.63) is 63.6 Å². The summed E-state index contributed by atoms with van der Waals surface area (Å²) in [6, 6.07) is 8.09. The summed E-state index contributed by atoms with van der Waals surface area (Å²) in [5.41, 5.74) is 1.90. The lowest BCUT2D eigenvalue weighted by molar-refractivity contribution is -0.384. The minimum atomic E-state index is -0.442. The van der Waals surface area contributed by atoms with Gasteiger partial charge in [-0.25, -0.2) is 4.98 Å². The van der Waals surface area contributed by atoms with Crippen molar-refractivity contribution in [3.8, 4) is 6.07 Å². The lowest BCUT2D eigenvalue weighted by Gasteiger charge is -2.27. The molecule has 0 aliphatic carbocycles. The van der Waals surface area contributed by atoms with Crippen LogP contribution in [-0.4, -0.2) is 14.5 Å². The Hall–Kier alpha value is -3.14. The van der Waals surface area contributed by atoms with Crippen molar-refractivity contribution in [1.82, 2.24) is 9.55 Å². The fourth-order valence-electron chi connectivity index (χ4n) is 2.48. The van der Waals surface area contributed by atoms with E-state index in [0.717, 1.165) is 0 Å². The monoisotopic (exact) mass is 281 g/mol. The molecular weight excluding hydrogens is 270 g/mol. The lowest BCUT2D eigenvalue weighted by atomic mass is 9.96. The summed E-state index contributed by atoms with van der Waals surface area (Å²) in [6.45, 7) is 1.79. The number of hydrogen-bond donors (Lipinski definition) is 1. The predicted octanol–water partition coefficient (Wildman–Crippen LogP) is 2.60. The molecule has 1 aromatic heterocycles. The second-order valence-electron chi connectivity index (χ2n) is 4.69. The van der Waals surface area contributed by atoms with Crippen molar-refractivity contribution in [2.24, 2.45) is 0 Å². The highest BCUT2D eigenvalue weighted by Crippen LogP contribution is 2.35. The molecule has 0 saturated heterocycles. The normalized spacial score (nSPS) is 16.9. The zero-order chi connectivity index (χ0) is 15.0. The summed E-state index contributed by atoms with van der Waals surface area (Å²) in [6.07, 6.45) is 3.37. The van der Waals surface area contributed by atoms with Gasteiger partial charge < -0.3 is 9.88 Å². The quantitative estimate of drug-likeness (QED) is 0.674. The number of imidazole rings is 1. The van der Waals surface area contributed by atoms with E-state index in [0.29, 0.717) is 22.8 Å². The number of hydrogen-bond acceptors (Lipinski definition) is 5. The first-order chi connectivity index (χ1) is 10.1. The minimum Gasteiger partial charge on any atom is -0.328 e. The molecule has 0 amide bonds. The molecular formula is C14H11N5O2. The molecule has 0 saturated carbocycles. The highest BCUT2D eigenvalue weighted by atomic mass is 16.6. The van der Waals surface area contributed by atoms with E-state index < -0.39 is 11.0 Å². The van der Waals surface area contributed by atoms with Crippen LogP contribution in [0.25, 0.3) is 0 Å². The largest absolute Gasteiger partial charge is 0.328 e. The maximum Gasteiger partial charge on any atom is 0.269 e. The summed E-state index contributed by atoms with van der Waals surface area (Å²) < 4.78 is 1.80. The molecule has 0 fully saturated rings. The molecule has 0 bridgehead atoms. The third-order valence-corrected chi connectivity index (χ3v) is 3.44. The zero-order valence-corrected chi connectivity index (χ0v) is 11.1. The number of fused-ring (bicyclic) bond motifs is 1. The van der Waals surface area contributed by atoms with Crippen molar-refractivity contribution < 1.29 is 4.92 Å². The second kappa shape index (κ2) is 4.76. The van der Waals surface area contributed by atoms with Crippen LogP contribution in [0.1, 0.15) is 18.5 Å². The predicted molar refractivity (Wildman–Crippen MR) is 75.4 cm³/mol. The Labute approximate surface area is 120 Å². The van der Waals surface area contributed by atoms with Gasteiger partial charge in [-0.1, -0.05) is 12.1 Å². The van der Waals surface area contributed by atoms with Crippen LogP contribution >= 0.6 is 0 Å². The Morgan fingerprint density at radius 3 is 3.05 bits per heavy atom. The molecule has 3 rings (SSSR count). The number of rotatable bonds is 2. The molecule has 1 atom stereocenters. The third-order valence-electron chi connectivity index (χ3n) is 3.44. The second-order valence-corrected chi connectivity index (χ2v) is 4.69. The highest BCUT2D eigenvalue weighted by Gasteiger charge is 2.28. The van der Waals surface area contributed by atoms with Gasteiger partial charge in [-0.05, 0) is 12.5 Å². The molecule has 2 heterocycles. The summed E-state index contributed by atoms with van der Waals surface area (Å²) in [5.74, 6) is 0.614. The van der Waals surface area contributed by atoms with Gasteiger partial charge in [0.15, 0.2) is 0 Å². The SMILES string of the molecule is CC1=C(C#N)C(c2cccc([N+](=O)[O-])c2)n2ccnc2N1. The van der Waals surface area contributed by atoms with E-state index >= 15 is 0 Å². The molecule has 0 radical (unpaired) electrons. The fourth-order valence-corrected chi connectivity index (χ4v) is 2.48. The smallest absolute Gasteiger partial charge is 0.269 e. The molecule has 1 aliphatic rings. The number of nitro groups is 1. The van der Waals surface area contributed by atoms with Crippen molar-refractivity contribution in [1.29, 1.82) is 5.26 Å². The molecule has 1 aliphatic heterocycles. The number of non-ortho nitro benzene ring substituents is 1. The number of allylic oxidation sites excluding steroid dienone is 2. The van der Waals surface area contributed by atoms with Crippen LogP contribution in [0.3, 0.4) is 0 Å². The van der Waals surface area contributed by atoms with Gasteiger partial charge in [0.1, 0.15) is 0 Å². The van der Waals surface area contributed by atoms with Crippen molar-refractivity contribution in [2.75, 3.05) is 5.32 Å². The summed E-state index contributed by atoms with van der Waals surface area (Å²) >= 11 is 0. The van der Waals surface area contributed by atoms with Gasteiger partial charge in [-0.2, -0.15) is 5.26 Å². The average molecular weight is 281 g/mol. The Balaban J connectivity index is 2.19. The molecule has 1 aromatic carbocycles. The van der Waals surface area contributed by atoms with E-state index in [1.165, 1.54) is 12.1 Å². The van der Waals surface area contributed by atoms with Crippen LogP contribution in [0.5, 0.6) is 0 Å². The Morgan fingerprint density at radius 2 is 2.33 bits per heavy atom. The zero-order valence-electron chi connectivity index (χ0n) is 11.1. The summed E-state index contributed by atoms with van der Waals surface area (Å²) in [7, 11) is 0. The van der Waals surface area contributed by atoms with Crippen molar-refractivity contribution in [2.45, 2.75) is 13.0 Å². The number of anilines is 1. The first-order valence-corrected chi connectivity index (χ1v) is 6.27. The van der Waals surface area contributed by atoms with Gasteiger partial charge in [0.25, 0.3) is 5.69 Å². The number of aromatic nitrogens is 2. The lowest BCUT2D eigenvalue weighted by Crippen LogP contribution is -2.22. The first-order valence-electron chi connectivity index (χ1n) is 6.27. The van der Waals surface area contributed by atoms with E-state index in [1.54, 1.807) is 36.0 Å². The number of nitrogens with one attached hydrogen (secondary N) is 1. The Bertz CT molecular complexity index is 800. The van der Waals surface area contributed by atoms with Crippen LogP contribution in [0.2, 0.25) is 0 Å². The third kappa shape index (κ3) is 2.03. The number of nitriles is 1. The first kappa shape index (κ1) is 12.9. The minimum absolute atomic E-state index is 0.00245. The van der Waals surface area contributed by atoms with Gasteiger partial charge in [-0.15, -0.1) is 0 Å². The molecule has 7 heteroatoms. The molecule has 0 spiro atoms. The number of benzene rings is 1. The van der Waals surface area contributed by atoms with Gasteiger partial charge in [-0.3, -0.25) is 10.1 Å². The highest BCUT2D eigenvalue weighted by molar-refractivity contribution is 5.53. The molecule has 21 heavy (non-hydrogen) atoms. The topological polar surface area (TPSA) is 96.8 Å². The van der Waals surface area contributed by atoms with E-state index in [2.05, 4.69) is 16.4 Å². The Kier molecular flexibility index (Phi) is 2.92.